The Morgan fingerprint density at radius 1 is 1.33 bits per heavy atom. The van der Waals surface area contributed by atoms with Crippen molar-refractivity contribution in [2.75, 3.05) is 0 Å². The zero-order valence-corrected chi connectivity index (χ0v) is 10.6. The van der Waals surface area contributed by atoms with Crippen LogP contribution in [0, 0.1) is 5.41 Å². The second-order valence-electron chi connectivity index (χ2n) is 4.82. The molecule has 1 amide bonds. The number of hydrogen-bond acceptors (Lipinski definition) is 3. The molecule has 5 nitrogen and oxygen atoms in total. The molecule has 0 aliphatic rings. The molecular formula is C13H18N2O3. The highest BCUT2D eigenvalue weighted by atomic mass is 16.4. The molecule has 0 bridgehead atoms. The van der Waals surface area contributed by atoms with Gasteiger partial charge < -0.3 is 10.4 Å². The van der Waals surface area contributed by atoms with E-state index in [1.807, 2.05) is 12.1 Å². The molecular weight excluding hydrogens is 232 g/mol. The highest BCUT2D eigenvalue weighted by Crippen LogP contribution is 2.22. The first-order valence-corrected chi connectivity index (χ1v) is 5.81. The molecule has 98 valence electrons. The molecule has 1 aromatic rings. The number of pyridine rings is 1. The Balaban J connectivity index is 2.33. The Labute approximate surface area is 106 Å². The zero-order chi connectivity index (χ0) is 13.6. The Hall–Kier alpha value is -1.91. The monoisotopic (exact) mass is 250 g/mol. The van der Waals surface area contributed by atoms with E-state index in [1.165, 1.54) is 0 Å². The van der Waals surface area contributed by atoms with Crippen molar-refractivity contribution in [3.8, 4) is 0 Å². The standard InChI is InChI=1S/C13H18N2O3/c1-13(2,12(17)18)6-3-11(16)15-9-10-4-7-14-8-5-10/h4-5,7-8H,3,6,9H2,1-2H3,(H,15,16)(H,17,18). The zero-order valence-electron chi connectivity index (χ0n) is 10.6. The highest BCUT2D eigenvalue weighted by Gasteiger charge is 2.27. The van der Waals surface area contributed by atoms with E-state index < -0.39 is 11.4 Å². The number of nitrogens with zero attached hydrogens (tertiary/aromatic N) is 1. The van der Waals surface area contributed by atoms with Crippen LogP contribution in [0.25, 0.3) is 0 Å². The summed E-state index contributed by atoms with van der Waals surface area (Å²) in [5.74, 6) is -1.02. The number of carbonyl (C=O) groups is 2. The molecule has 0 saturated carbocycles. The molecule has 0 fully saturated rings. The third-order valence-electron chi connectivity index (χ3n) is 2.80. The molecule has 1 rings (SSSR count). The highest BCUT2D eigenvalue weighted by molar-refractivity contribution is 5.78. The van der Waals surface area contributed by atoms with Crippen molar-refractivity contribution in [1.29, 1.82) is 0 Å². The van der Waals surface area contributed by atoms with Gasteiger partial charge in [0.15, 0.2) is 0 Å². The van der Waals surface area contributed by atoms with Gasteiger partial charge in [-0.15, -0.1) is 0 Å². The van der Waals surface area contributed by atoms with Gasteiger partial charge in [-0.3, -0.25) is 14.6 Å². The average molecular weight is 250 g/mol. The fourth-order valence-electron chi connectivity index (χ4n) is 1.32. The SMILES string of the molecule is CC(C)(CCC(=O)NCc1ccncc1)C(=O)O. The van der Waals surface area contributed by atoms with Gasteiger partial charge in [0, 0.05) is 25.4 Å². The van der Waals surface area contributed by atoms with Gasteiger partial charge in [0.25, 0.3) is 0 Å². The normalized spacial score (nSPS) is 11.0. The van der Waals surface area contributed by atoms with Gasteiger partial charge in [0.2, 0.25) is 5.91 Å². The molecule has 0 radical (unpaired) electrons. The molecule has 1 heterocycles. The lowest BCUT2D eigenvalue weighted by Crippen LogP contribution is -2.28. The maximum absolute atomic E-state index is 11.6. The Bertz CT molecular complexity index is 416. The van der Waals surface area contributed by atoms with Gasteiger partial charge in [-0.05, 0) is 38.0 Å². The number of rotatable bonds is 6. The topological polar surface area (TPSA) is 79.3 Å². The van der Waals surface area contributed by atoms with E-state index in [2.05, 4.69) is 10.3 Å². The van der Waals surface area contributed by atoms with E-state index in [4.69, 9.17) is 5.11 Å². The first kappa shape index (κ1) is 14.2. The van der Waals surface area contributed by atoms with Gasteiger partial charge in [0.05, 0.1) is 5.41 Å². The van der Waals surface area contributed by atoms with E-state index in [1.54, 1.807) is 26.2 Å². The molecule has 18 heavy (non-hydrogen) atoms. The van der Waals surface area contributed by atoms with Gasteiger partial charge in [-0.2, -0.15) is 0 Å². The van der Waals surface area contributed by atoms with Gasteiger partial charge >= 0.3 is 5.97 Å². The van der Waals surface area contributed by atoms with Crippen molar-refractivity contribution in [2.24, 2.45) is 5.41 Å². The predicted octanol–water partition coefficient (Wildman–Crippen LogP) is 1.59. The number of aliphatic carboxylic acids is 1. The molecule has 2 N–H and O–H groups in total. The summed E-state index contributed by atoms with van der Waals surface area (Å²) in [6.45, 7) is 3.67. The number of aromatic nitrogens is 1. The minimum Gasteiger partial charge on any atom is -0.481 e. The van der Waals surface area contributed by atoms with E-state index in [0.29, 0.717) is 13.0 Å². The number of carboxylic acid groups (broad SMARTS) is 1. The van der Waals surface area contributed by atoms with Crippen LogP contribution in [0.1, 0.15) is 32.3 Å². The summed E-state index contributed by atoms with van der Waals surface area (Å²) in [5.41, 5.74) is 0.101. The number of hydrogen-bond donors (Lipinski definition) is 2. The van der Waals surface area contributed by atoms with Crippen LogP contribution in [0.5, 0.6) is 0 Å². The van der Waals surface area contributed by atoms with Crippen LogP contribution in [-0.4, -0.2) is 22.0 Å². The fourth-order valence-corrected chi connectivity index (χ4v) is 1.32. The molecule has 0 aromatic carbocycles. The molecule has 5 heteroatoms. The molecule has 0 atom stereocenters. The van der Waals surface area contributed by atoms with Crippen molar-refractivity contribution in [3.63, 3.8) is 0 Å². The summed E-state index contributed by atoms with van der Waals surface area (Å²) in [6, 6.07) is 3.64. The predicted molar refractivity (Wildman–Crippen MR) is 66.7 cm³/mol. The Morgan fingerprint density at radius 2 is 1.94 bits per heavy atom. The second-order valence-corrected chi connectivity index (χ2v) is 4.82. The quantitative estimate of drug-likeness (QED) is 0.803. The van der Waals surface area contributed by atoms with E-state index in [0.717, 1.165) is 5.56 Å². The van der Waals surface area contributed by atoms with E-state index in [-0.39, 0.29) is 12.3 Å². The largest absolute Gasteiger partial charge is 0.481 e. The van der Waals surface area contributed by atoms with Crippen LogP contribution in [0.2, 0.25) is 0 Å². The lowest BCUT2D eigenvalue weighted by Gasteiger charge is -2.18. The van der Waals surface area contributed by atoms with Crippen LogP contribution in [-0.2, 0) is 16.1 Å². The maximum Gasteiger partial charge on any atom is 0.309 e. The second kappa shape index (κ2) is 6.14. The Kier molecular flexibility index (Phi) is 4.83. The molecule has 0 aliphatic heterocycles. The lowest BCUT2D eigenvalue weighted by atomic mass is 9.88. The van der Waals surface area contributed by atoms with Crippen molar-refractivity contribution in [2.45, 2.75) is 33.2 Å². The Morgan fingerprint density at radius 3 is 2.50 bits per heavy atom. The molecule has 0 spiro atoms. The van der Waals surface area contributed by atoms with Gasteiger partial charge in [-0.25, -0.2) is 0 Å². The first-order chi connectivity index (χ1) is 8.42. The van der Waals surface area contributed by atoms with E-state index in [9.17, 15) is 9.59 Å². The minimum atomic E-state index is -0.885. The number of carboxylic acids is 1. The summed E-state index contributed by atoms with van der Waals surface area (Å²) in [4.78, 5) is 26.3. The van der Waals surface area contributed by atoms with Gasteiger partial charge in [0.1, 0.15) is 0 Å². The summed E-state index contributed by atoms with van der Waals surface area (Å²) < 4.78 is 0. The smallest absolute Gasteiger partial charge is 0.309 e. The van der Waals surface area contributed by atoms with Crippen LogP contribution in [0.3, 0.4) is 0 Å². The number of carbonyl (C=O) groups excluding carboxylic acids is 1. The van der Waals surface area contributed by atoms with E-state index >= 15 is 0 Å². The summed E-state index contributed by atoms with van der Waals surface area (Å²) in [7, 11) is 0. The van der Waals surface area contributed by atoms with Crippen molar-refractivity contribution in [3.05, 3.63) is 30.1 Å². The maximum atomic E-state index is 11.6. The molecule has 0 saturated heterocycles. The summed E-state index contributed by atoms with van der Waals surface area (Å²) in [6.07, 6.45) is 3.86. The summed E-state index contributed by atoms with van der Waals surface area (Å²) in [5, 5.41) is 11.7. The third kappa shape index (κ3) is 4.53. The van der Waals surface area contributed by atoms with Crippen molar-refractivity contribution >= 4 is 11.9 Å². The van der Waals surface area contributed by atoms with Crippen LogP contribution < -0.4 is 5.32 Å². The van der Waals surface area contributed by atoms with Crippen LogP contribution >= 0.6 is 0 Å². The first-order valence-electron chi connectivity index (χ1n) is 5.81. The third-order valence-corrected chi connectivity index (χ3v) is 2.80. The molecule has 0 aliphatic carbocycles. The summed E-state index contributed by atoms with van der Waals surface area (Å²) >= 11 is 0. The van der Waals surface area contributed by atoms with Crippen molar-refractivity contribution in [1.82, 2.24) is 10.3 Å². The molecule has 1 aromatic heterocycles. The van der Waals surface area contributed by atoms with Crippen LogP contribution in [0.15, 0.2) is 24.5 Å². The number of nitrogens with one attached hydrogen (secondary N) is 1. The average Bonchev–Trinajstić information content (AvgIpc) is 2.35. The molecule has 0 unspecified atom stereocenters. The van der Waals surface area contributed by atoms with Crippen molar-refractivity contribution < 1.29 is 14.7 Å². The van der Waals surface area contributed by atoms with Crippen LogP contribution in [0.4, 0.5) is 0 Å². The lowest BCUT2D eigenvalue weighted by molar-refractivity contribution is -0.147. The number of amides is 1. The fraction of sp³-hybridized carbons (Fsp3) is 0.462. The minimum absolute atomic E-state index is 0.138. The van der Waals surface area contributed by atoms with Gasteiger partial charge in [-0.1, -0.05) is 0 Å².